The van der Waals surface area contributed by atoms with Crippen molar-refractivity contribution in [3.63, 3.8) is 0 Å². The first-order valence-electron chi connectivity index (χ1n) is 14.1. The second kappa shape index (κ2) is 13.9. The monoisotopic (exact) mass is 575 g/mol. The molecule has 0 bridgehead atoms. The van der Waals surface area contributed by atoms with Gasteiger partial charge in [0.2, 0.25) is 0 Å². The topological polar surface area (TPSA) is 27.3 Å². The Kier molecular flexibility index (Phi) is 9.80. The molecular formula is C36H38N3PS. The van der Waals surface area contributed by atoms with Gasteiger partial charge in [-0.05, 0) is 68.2 Å². The number of likely N-dealkylation sites (N-methyl/N-ethyl adjacent to an activating group) is 1. The van der Waals surface area contributed by atoms with Crippen molar-refractivity contribution in [1.82, 2.24) is 15.5 Å². The number of hydrogen-bond acceptors (Lipinski definition) is 2. The van der Waals surface area contributed by atoms with Crippen LogP contribution in [0.5, 0.6) is 0 Å². The van der Waals surface area contributed by atoms with Crippen molar-refractivity contribution in [1.29, 1.82) is 0 Å². The Morgan fingerprint density at radius 1 is 0.707 bits per heavy atom. The molecule has 5 heteroatoms. The summed E-state index contributed by atoms with van der Waals surface area (Å²) >= 11 is 6.01. The fraction of sp³-hybridized carbons (Fsp3) is 0.194. The lowest BCUT2D eigenvalue weighted by atomic mass is 9.92. The fourth-order valence-corrected chi connectivity index (χ4v) is 8.65. The molecule has 2 N–H and O–H groups in total. The SMILES string of the molecule is C[C@@H](NC(=S)N[C@@H](c1ccccc1)[C@H](c1ccccc1)N(C)C)[C@@H]1C=CC=C1P(c1ccccc1)c1ccccc1. The number of nitrogens with zero attached hydrogens (tertiary/aromatic N) is 1. The van der Waals surface area contributed by atoms with E-state index < -0.39 is 7.92 Å². The van der Waals surface area contributed by atoms with Crippen LogP contribution in [0.2, 0.25) is 0 Å². The Balaban J connectivity index is 1.38. The van der Waals surface area contributed by atoms with Crippen LogP contribution >= 0.6 is 20.1 Å². The van der Waals surface area contributed by atoms with Crippen molar-refractivity contribution >= 4 is 35.9 Å². The van der Waals surface area contributed by atoms with E-state index in [-0.39, 0.29) is 24.0 Å². The summed E-state index contributed by atoms with van der Waals surface area (Å²) in [5.41, 5.74) is 2.44. The Hall–Kier alpha value is -3.56. The molecule has 0 spiro atoms. The van der Waals surface area contributed by atoms with E-state index in [0.717, 1.165) is 0 Å². The van der Waals surface area contributed by atoms with Crippen molar-refractivity contribution in [2.75, 3.05) is 14.1 Å². The quantitative estimate of drug-likeness (QED) is 0.156. The molecule has 5 rings (SSSR count). The summed E-state index contributed by atoms with van der Waals surface area (Å²) in [4.78, 5) is 2.26. The standard InChI is InChI=1S/C36H38N3PS/c1-27(32-25-16-26-33(32)40(30-21-12-6-13-22-30)31-23-14-7-15-24-31)37-36(41)38-34(28-17-8-4-9-18-28)35(39(2)3)29-19-10-5-11-20-29/h4-27,32,34-35H,1-3H3,(H2,37,38,41)/t27-,32+,34+,35+/m1/s1. The van der Waals surface area contributed by atoms with E-state index in [4.69, 9.17) is 12.2 Å². The molecule has 1 aliphatic rings. The maximum atomic E-state index is 6.01. The van der Waals surface area contributed by atoms with Gasteiger partial charge in [0.15, 0.2) is 5.11 Å². The Morgan fingerprint density at radius 3 is 1.71 bits per heavy atom. The van der Waals surface area contributed by atoms with Crippen molar-refractivity contribution in [2.24, 2.45) is 5.92 Å². The molecule has 41 heavy (non-hydrogen) atoms. The molecule has 0 saturated carbocycles. The molecule has 0 radical (unpaired) electrons. The second-order valence-electron chi connectivity index (χ2n) is 10.6. The van der Waals surface area contributed by atoms with Gasteiger partial charge in [-0.3, -0.25) is 0 Å². The number of allylic oxidation sites excluding steroid dienone is 2. The largest absolute Gasteiger partial charge is 0.359 e. The highest BCUT2D eigenvalue weighted by atomic mass is 32.1. The van der Waals surface area contributed by atoms with Crippen LogP contribution in [0.1, 0.15) is 30.1 Å². The maximum Gasteiger partial charge on any atom is 0.167 e. The molecule has 4 aromatic carbocycles. The molecule has 208 valence electrons. The smallest absolute Gasteiger partial charge is 0.167 e. The van der Waals surface area contributed by atoms with Crippen LogP contribution in [-0.2, 0) is 0 Å². The highest BCUT2D eigenvalue weighted by molar-refractivity contribution is 7.80. The third-order valence-corrected chi connectivity index (χ3v) is 10.4. The second-order valence-corrected chi connectivity index (χ2v) is 13.3. The number of hydrogen-bond donors (Lipinski definition) is 2. The van der Waals surface area contributed by atoms with Crippen molar-refractivity contribution in [2.45, 2.75) is 25.0 Å². The molecule has 0 heterocycles. The van der Waals surface area contributed by atoms with Gasteiger partial charge in [-0.2, -0.15) is 0 Å². The van der Waals surface area contributed by atoms with Crippen LogP contribution in [0.3, 0.4) is 0 Å². The fourth-order valence-electron chi connectivity index (χ4n) is 5.65. The lowest BCUT2D eigenvalue weighted by Crippen LogP contribution is -2.47. The van der Waals surface area contributed by atoms with E-state index in [1.807, 2.05) is 0 Å². The lowest BCUT2D eigenvalue weighted by Gasteiger charge is -2.36. The van der Waals surface area contributed by atoms with Gasteiger partial charge < -0.3 is 15.5 Å². The molecule has 0 aliphatic heterocycles. The predicted molar refractivity (Wildman–Crippen MR) is 180 cm³/mol. The van der Waals surface area contributed by atoms with Crippen molar-refractivity contribution in [3.05, 3.63) is 156 Å². The lowest BCUT2D eigenvalue weighted by molar-refractivity contribution is 0.246. The van der Waals surface area contributed by atoms with E-state index >= 15 is 0 Å². The van der Waals surface area contributed by atoms with E-state index in [2.05, 4.69) is 176 Å². The number of nitrogens with one attached hydrogen (secondary N) is 2. The summed E-state index contributed by atoms with van der Waals surface area (Å²) in [5, 5.41) is 12.2. The van der Waals surface area contributed by atoms with Gasteiger partial charge in [0, 0.05) is 12.0 Å². The molecule has 4 atom stereocenters. The average Bonchev–Trinajstić information content (AvgIpc) is 3.48. The summed E-state index contributed by atoms with van der Waals surface area (Å²) in [6.45, 7) is 2.24. The zero-order valence-corrected chi connectivity index (χ0v) is 25.6. The first-order chi connectivity index (χ1) is 20.0. The van der Waals surface area contributed by atoms with Crippen LogP contribution in [-0.4, -0.2) is 30.1 Å². The summed E-state index contributed by atoms with van der Waals surface area (Å²) in [6.07, 6.45) is 6.84. The van der Waals surface area contributed by atoms with E-state index in [9.17, 15) is 0 Å². The summed E-state index contributed by atoms with van der Waals surface area (Å²) in [7, 11) is 3.60. The first-order valence-corrected chi connectivity index (χ1v) is 15.9. The molecule has 1 aliphatic carbocycles. The molecule has 0 saturated heterocycles. The normalized spacial score (nSPS) is 16.7. The number of thiocarbonyl (C=S) groups is 1. The third-order valence-electron chi connectivity index (χ3n) is 7.57. The Labute approximate surface area is 251 Å². The highest BCUT2D eigenvalue weighted by Gasteiger charge is 2.31. The Morgan fingerprint density at radius 2 is 1.20 bits per heavy atom. The van der Waals surface area contributed by atoms with Gasteiger partial charge in [-0.1, -0.05) is 140 Å². The van der Waals surface area contributed by atoms with Crippen molar-refractivity contribution < 1.29 is 0 Å². The molecular weight excluding hydrogens is 537 g/mol. The molecule has 3 nitrogen and oxygen atoms in total. The highest BCUT2D eigenvalue weighted by Crippen LogP contribution is 2.49. The molecule has 0 amide bonds. The average molecular weight is 576 g/mol. The number of rotatable bonds is 10. The van der Waals surface area contributed by atoms with Gasteiger partial charge in [0.25, 0.3) is 0 Å². The first kappa shape index (κ1) is 29.0. The molecule has 0 aromatic heterocycles. The summed E-state index contributed by atoms with van der Waals surface area (Å²) in [6, 6.07) is 43.2. The minimum atomic E-state index is -0.663. The van der Waals surface area contributed by atoms with Gasteiger partial charge >= 0.3 is 0 Å². The van der Waals surface area contributed by atoms with Gasteiger partial charge in [-0.15, -0.1) is 0 Å². The van der Waals surface area contributed by atoms with Gasteiger partial charge in [0.1, 0.15) is 0 Å². The zero-order chi connectivity index (χ0) is 28.6. The van der Waals surface area contributed by atoms with E-state index in [0.29, 0.717) is 5.11 Å². The van der Waals surface area contributed by atoms with E-state index in [1.54, 1.807) is 0 Å². The Bertz CT molecular complexity index is 1420. The van der Waals surface area contributed by atoms with Crippen LogP contribution in [0.25, 0.3) is 0 Å². The van der Waals surface area contributed by atoms with Crippen LogP contribution in [0, 0.1) is 5.92 Å². The minimum Gasteiger partial charge on any atom is -0.359 e. The third kappa shape index (κ3) is 7.02. The van der Waals surface area contributed by atoms with Crippen LogP contribution in [0.15, 0.2) is 145 Å². The van der Waals surface area contributed by atoms with Crippen molar-refractivity contribution in [3.8, 4) is 0 Å². The molecule has 0 fully saturated rings. The summed E-state index contributed by atoms with van der Waals surface area (Å²) < 4.78 is 0. The van der Waals surface area contributed by atoms with Crippen LogP contribution in [0.4, 0.5) is 0 Å². The summed E-state index contributed by atoms with van der Waals surface area (Å²) in [5.74, 6) is 0.232. The molecule has 4 aromatic rings. The molecule has 0 unspecified atom stereocenters. The predicted octanol–water partition coefficient (Wildman–Crippen LogP) is 7.09. The van der Waals surface area contributed by atoms with E-state index in [1.165, 1.54) is 27.1 Å². The maximum absolute atomic E-state index is 6.01. The minimum absolute atomic E-state index is 0.0271. The van der Waals surface area contributed by atoms with Gasteiger partial charge in [-0.25, -0.2) is 0 Å². The van der Waals surface area contributed by atoms with Gasteiger partial charge in [0.05, 0.1) is 12.1 Å². The zero-order valence-electron chi connectivity index (χ0n) is 23.9. The number of benzene rings is 4. The van der Waals surface area contributed by atoms with Crippen LogP contribution < -0.4 is 21.2 Å².